The summed E-state index contributed by atoms with van der Waals surface area (Å²) in [5, 5.41) is 0. The monoisotopic (exact) mass is 228 g/mol. The van der Waals surface area contributed by atoms with Crippen LogP contribution in [-0.4, -0.2) is 19.1 Å². The van der Waals surface area contributed by atoms with Crippen LogP contribution in [0, 0.1) is 0 Å². The standard InChI is InChI=1S/C3HF5O4S/c4-1(2(5)6)3(7,8)12-13(9,10)11/h(H,9,10,11). The Balaban J connectivity index is 4.91. The third-order valence-corrected chi connectivity index (χ3v) is 1.05. The summed E-state index contributed by atoms with van der Waals surface area (Å²) < 4.78 is 87.0. The Labute approximate surface area is 68.6 Å². The van der Waals surface area contributed by atoms with Crippen molar-refractivity contribution in [2.24, 2.45) is 0 Å². The highest BCUT2D eigenvalue weighted by atomic mass is 32.3. The van der Waals surface area contributed by atoms with Crippen molar-refractivity contribution in [1.29, 1.82) is 0 Å². The van der Waals surface area contributed by atoms with Crippen molar-refractivity contribution in [3.63, 3.8) is 0 Å². The lowest BCUT2D eigenvalue weighted by molar-refractivity contribution is -0.160. The Bertz CT molecular complexity index is 315. The molecule has 0 aromatic carbocycles. The van der Waals surface area contributed by atoms with E-state index >= 15 is 0 Å². The zero-order valence-corrected chi connectivity index (χ0v) is 6.29. The number of hydrogen-bond donors (Lipinski definition) is 1. The van der Waals surface area contributed by atoms with Gasteiger partial charge in [0.2, 0.25) is 0 Å². The fourth-order valence-corrected chi connectivity index (χ4v) is 0.617. The molecule has 10 heteroatoms. The lowest BCUT2D eigenvalue weighted by atomic mass is 10.5. The van der Waals surface area contributed by atoms with Gasteiger partial charge in [-0.25, -0.2) is 0 Å². The number of rotatable bonds is 3. The minimum atomic E-state index is -5.72. The van der Waals surface area contributed by atoms with E-state index in [0.717, 1.165) is 0 Å². The van der Waals surface area contributed by atoms with Crippen LogP contribution in [-0.2, 0) is 14.6 Å². The Morgan fingerprint density at radius 2 is 1.62 bits per heavy atom. The van der Waals surface area contributed by atoms with E-state index in [4.69, 9.17) is 4.55 Å². The van der Waals surface area contributed by atoms with Crippen molar-refractivity contribution in [3.8, 4) is 0 Å². The summed E-state index contributed by atoms with van der Waals surface area (Å²) in [5.41, 5.74) is 0. The Kier molecular flexibility index (Phi) is 3.35. The molecule has 1 N–H and O–H groups in total. The maximum Gasteiger partial charge on any atom is 0.430 e. The smallest absolute Gasteiger partial charge is 0.263 e. The normalized spacial score (nSPS) is 12.8. The highest BCUT2D eigenvalue weighted by Crippen LogP contribution is 2.31. The van der Waals surface area contributed by atoms with Crippen LogP contribution in [0.25, 0.3) is 0 Å². The van der Waals surface area contributed by atoms with Crippen LogP contribution in [0.3, 0.4) is 0 Å². The van der Waals surface area contributed by atoms with Crippen LogP contribution in [0.1, 0.15) is 0 Å². The van der Waals surface area contributed by atoms with Crippen LogP contribution >= 0.6 is 0 Å². The van der Waals surface area contributed by atoms with Crippen molar-refractivity contribution in [2.75, 3.05) is 0 Å². The molecule has 0 radical (unpaired) electrons. The molecular weight excluding hydrogens is 227 g/mol. The third kappa shape index (κ3) is 4.15. The zero-order chi connectivity index (χ0) is 10.9. The Morgan fingerprint density at radius 3 is 1.85 bits per heavy atom. The van der Waals surface area contributed by atoms with Gasteiger partial charge in [0.05, 0.1) is 0 Å². The summed E-state index contributed by atoms with van der Waals surface area (Å²) >= 11 is 0. The molecule has 0 saturated heterocycles. The van der Waals surface area contributed by atoms with Gasteiger partial charge in [-0.1, -0.05) is 0 Å². The first-order valence-electron chi connectivity index (χ1n) is 2.33. The van der Waals surface area contributed by atoms with Gasteiger partial charge in [-0.15, -0.1) is 0 Å². The lowest BCUT2D eigenvalue weighted by Crippen LogP contribution is -2.25. The molecule has 0 aliphatic carbocycles. The lowest BCUT2D eigenvalue weighted by Gasteiger charge is -2.10. The first-order valence-corrected chi connectivity index (χ1v) is 3.70. The van der Waals surface area contributed by atoms with E-state index in [0.29, 0.717) is 0 Å². The summed E-state index contributed by atoms with van der Waals surface area (Å²) in [5.74, 6) is -3.38. The van der Waals surface area contributed by atoms with E-state index < -0.39 is 28.4 Å². The van der Waals surface area contributed by atoms with E-state index in [2.05, 4.69) is 4.18 Å². The van der Waals surface area contributed by atoms with Gasteiger partial charge in [-0.05, 0) is 0 Å². The van der Waals surface area contributed by atoms with Gasteiger partial charge in [-0.2, -0.15) is 34.6 Å². The second kappa shape index (κ2) is 3.55. The van der Waals surface area contributed by atoms with Crippen molar-refractivity contribution < 1.29 is 39.1 Å². The van der Waals surface area contributed by atoms with Crippen LogP contribution in [0.2, 0.25) is 0 Å². The molecule has 0 amide bonds. The fraction of sp³-hybridized carbons (Fsp3) is 0.333. The van der Waals surface area contributed by atoms with Crippen molar-refractivity contribution in [1.82, 2.24) is 0 Å². The molecule has 0 fully saturated rings. The molecule has 0 spiro atoms. The summed E-state index contributed by atoms with van der Waals surface area (Å²) in [7, 11) is -5.72. The molecule has 0 saturated carbocycles. The van der Waals surface area contributed by atoms with Gasteiger partial charge >= 0.3 is 22.6 Å². The van der Waals surface area contributed by atoms with Gasteiger partial charge in [0.25, 0.3) is 5.83 Å². The first kappa shape index (κ1) is 12.3. The summed E-state index contributed by atoms with van der Waals surface area (Å²) in [4.78, 5) is 0. The van der Waals surface area contributed by atoms with Crippen molar-refractivity contribution in [2.45, 2.75) is 6.11 Å². The zero-order valence-electron chi connectivity index (χ0n) is 5.47. The molecule has 4 nitrogen and oxygen atoms in total. The number of hydrogen-bond acceptors (Lipinski definition) is 3. The van der Waals surface area contributed by atoms with Gasteiger partial charge < -0.3 is 0 Å². The molecule has 0 aliphatic heterocycles. The molecule has 0 bridgehead atoms. The summed E-state index contributed by atoms with van der Waals surface area (Å²) in [6, 6.07) is 0. The van der Waals surface area contributed by atoms with Crippen LogP contribution in [0.15, 0.2) is 11.9 Å². The van der Waals surface area contributed by atoms with E-state index in [-0.39, 0.29) is 0 Å². The molecular formula is C3HF5O4S. The van der Waals surface area contributed by atoms with Crippen molar-refractivity contribution in [3.05, 3.63) is 11.9 Å². The molecule has 0 rings (SSSR count). The predicted molar refractivity (Wildman–Crippen MR) is 27.9 cm³/mol. The predicted octanol–water partition coefficient (Wildman–Crippen LogP) is 1.48. The van der Waals surface area contributed by atoms with E-state index in [1.165, 1.54) is 0 Å². The first-order chi connectivity index (χ1) is 5.56. The van der Waals surface area contributed by atoms with Crippen LogP contribution < -0.4 is 0 Å². The second-order valence-corrected chi connectivity index (χ2v) is 2.62. The quantitative estimate of drug-likeness (QED) is 0.586. The highest BCUT2D eigenvalue weighted by Gasteiger charge is 2.45. The SMILES string of the molecule is O=S(=O)(O)OC(F)(F)C(F)=C(F)F. The summed E-state index contributed by atoms with van der Waals surface area (Å²) in [6.07, 6.45) is -8.86. The molecule has 0 atom stereocenters. The van der Waals surface area contributed by atoms with Crippen molar-refractivity contribution >= 4 is 10.4 Å². The molecule has 0 aromatic heterocycles. The maximum absolute atomic E-state index is 11.9. The minimum Gasteiger partial charge on any atom is -0.263 e. The van der Waals surface area contributed by atoms with Gasteiger partial charge in [0.1, 0.15) is 0 Å². The maximum atomic E-state index is 11.9. The highest BCUT2D eigenvalue weighted by molar-refractivity contribution is 7.80. The minimum absolute atomic E-state index is 2.33. The molecule has 78 valence electrons. The third-order valence-electron chi connectivity index (χ3n) is 0.631. The number of alkyl halides is 2. The Morgan fingerprint density at radius 1 is 1.23 bits per heavy atom. The number of halogens is 5. The molecule has 13 heavy (non-hydrogen) atoms. The second-order valence-electron chi connectivity index (χ2n) is 1.60. The van der Waals surface area contributed by atoms with Gasteiger partial charge in [0.15, 0.2) is 0 Å². The van der Waals surface area contributed by atoms with Gasteiger partial charge in [0, 0.05) is 0 Å². The van der Waals surface area contributed by atoms with E-state index in [9.17, 15) is 30.4 Å². The average molecular weight is 228 g/mol. The topological polar surface area (TPSA) is 63.6 Å². The molecule has 0 unspecified atom stereocenters. The molecule has 0 aliphatic rings. The van der Waals surface area contributed by atoms with E-state index in [1.807, 2.05) is 0 Å². The fourth-order valence-electron chi connectivity index (χ4n) is 0.279. The summed E-state index contributed by atoms with van der Waals surface area (Å²) in [6.45, 7) is 0. The van der Waals surface area contributed by atoms with Gasteiger partial charge in [-0.3, -0.25) is 4.55 Å². The molecule has 0 heterocycles. The Hall–Kier alpha value is -0.740. The van der Waals surface area contributed by atoms with Crippen LogP contribution in [0.5, 0.6) is 0 Å². The van der Waals surface area contributed by atoms with E-state index in [1.54, 1.807) is 0 Å². The largest absolute Gasteiger partial charge is 0.430 e. The average Bonchev–Trinajstić information content (AvgIpc) is 1.80. The molecule has 0 aromatic rings. The van der Waals surface area contributed by atoms with Crippen LogP contribution in [0.4, 0.5) is 22.0 Å².